The number of halogens is 3. The molecule has 0 amide bonds. The van der Waals surface area contributed by atoms with Crippen LogP contribution < -0.4 is 16.0 Å². The Morgan fingerprint density at radius 2 is 1.19 bits per heavy atom. The Balaban J connectivity index is 1.95. The normalized spacial score (nSPS) is 11.6. The number of alkyl halides is 3. The quantitative estimate of drug-likeness (QED) is 0.127. The van der Waals surface area contributed by atoms with E-state index in [0.29, 0.717) is 12.4 Å². The molecule has 31 heavy (non-hydrogen) atoms. The molecule has 0 atom stereocenters. The van der Waals surface area contributed by atoms with E-state index >= 15 is 0 Å². The van der Waals surface area contributed by atoms with Crippen molar-refractivity contribution < 1.29 is 17.9 Å². The predicted octanol–water partition coefficient (Wildman–Crippen LogP) is 8.63. The molecule has 0 saturated heterocycles. The predicted molar refractivity (Wildman–Crippen MR) is 124 cm³/mol. The van der Waals surface area contributed by atoms with Gasteiger partial charge in [-0.1, -0.05) is 103 Å². The van der Waals surface area contributed by atoms with Crippen molar-refractivity contribution in [2.45, 2.75) is 116 Å². The highest BCUT2D eigenvalue weighted by atomic mass is 19.4. The topological polar surface area (TPSA) is 47.3 Å². The first-order valence-corrected chi connectivity index (χ1v) is 12.3. The molecule has 0 aliphatic rings. The Bertz CT molecular complexity index is 564. The van der Waals surface area contributed by atoms with E-state index in [4.69, 9.17) is 10.6 Å². The minimum atomic E-state index is -4.39. The van der Waals surface area contributed by atoms with E-state index in [1.165, 1.54) is 96.0 Å². The van der Waals surface area contributed by atoms with E-state index in [0.717, 1.165) is 25.0 Å². The van der Waals surface area contributed by atoms with Crippen molar-refractivity contribution in [2.24, 2.45) is 5.84 Å². The molecule has 0 spiro atoms. The minimum absolute atomic E-state index is 0.159. The molecule has 0 radical (unpaired) electrons. The lowest BCUT2D eigenvalue weighted by Gasteiger charge is -2.14. The van der Waals surface area contributed by atoms with Crippen LogP contribution in [-0.4, -0.2) is 6.61 Å². The minimum Gasteiger partial charge on any atom is -0.491 e. The number of nitrogens with one attached hydrogen (secondary N) is 1. The molecule has 1 aromatic rings. The Kier molecular flexibility index (Phi) is 15.3. The zero-order valence-corrected chi connectivity index (χ0v) is 19.4. The lowest BCUT2D eigenvalue weighted by atomic mass is 10.0. The van der Waals surface area contributed by atoms with Crippen LogP contribution in [0.1, 0.15) is 115 Å². The molecular formula is C25H43F3N2O. The zero-order valence-electron chi connectivity index (χ0n) is 19.4. The maximum atomic E-state index is 12.7. The van der Waals surface area contributed by atoms with Crippen LogP contribution in [0.5, 0.6) is 5.75 Å². The van der Waals surface area contributed by atoms with E-state index < -0.39 is 11.7 Å². The van der Waals surface area contributed by atoms with Crippen molar-refractivity contribution in [3.63, 3.8) is 0 Å². The maximum Gasteiger partial charge on any atom is 0.416 e. The Hall–Kier alpha value is -1.43. The molecule has 1 rings (SSSR count). The molecule has 180 valence electrons. The van der Waals surface area contributed by atoms with Crippen molar-refractivity contribution in [1.82, 2.24) is 0 Å². The number of benzene rings is 1. The lowest BCUT2D eigenvalue weighted by Crippen LogP contribution is -2.12. The smallest absolute Gasteiger partial charge is 0.416 e. The van der Waals surface area contributed by atoms with Crippen molar-refractivity contribution in [3.05, 3.63) is 23.8 Å². The highest BCUT2D eigenvalue weighted by Crippen LogP contribution is 2.34. The fraction of sp³-hybridized carbons (Fsp3) is 0.760. The van der Waals surface area contributed by atoms with Gasteiger partial charge in [-0.25, -0.2) is 0 Å². The largest absolute Gasteiger partial charge is 0.491 e. The van der Waals surface area contributed by atoms with E-state index in [9.17, 15) is 13.2 Å². The first-order valence-electron chi connectivity index (χ1n) is 12.3. The van der Waals surface area contributed by atoms with Gasteiger partial charge in [-0.05, 0) is 24.6 Å². The molecule has 0 fully saturated rings. The van der Waals surface area contributed by atoms with Crippen LogP contribution in [0.4, 0.5) is 18.9 Å². The fourth-order valence-electron chi connectivity index (χ4n) is 3.78. The van der Waals surface area contributed by atoms with Crippen LogP contribution in [0.2, 0.25) is 0 Å². The molecule has 0 unspecified atom stereocenters. The van der Waals surface area contributed by atoms with Crippen molar-refractivity contribution in [3.8, 4) is 5.75 Å². The molecule has 1 aromatic carbocycles. The number of nitrogen functional groups attached to an aromatic ring is 1. The van der Waals surface area contributed by atoms with Gasteiger partial charge in [0.1, 0.15) is 5.75 Å². The summed E-state index contributed by atoms with van der Waals surface area (Å²) in [4.78, 5) is 0. The molecule has 0 aliphatic carbocycles. The first-order chi connectivity index (χ1) is 15.0. The number of ether oxygens (including phenoxy) is 1. The Morgan fingerprint density at radius 1 is 0.742 bits per heavy atom. The van der Waals surface area contributed by atoms with Gasteiger partial charge in [0.2, 0.25) is 0 Å². The summed E-state index contributed by atoms with van der Waals surface area (Å²) in [5, 5.41) is 0. The summed E-state index contributed by atoms with van der Waals surface area (Å²) in [5.41, 5.74) is 1.71. The van der Waals surface area contributed by atoms with Crippen LogP contribution in [-0.2, 0) is 6.18 Å². The van der Waals surface area contributed by atoms with Crippen LogP contribution in [0, 0.1) is 0 Å². The van der Waals surface area contributed by atoms with Gasteiger partial charge in [-0.3, -0.25) is 5.84 Å². The summed E-state index contributed by atoms with van der Waals surface area (Å²) in [6, 6.07) is 3.32. The number of rotatable bonds is 19. The lowest BCUT2D eigenvalue weighted by molar-refractivity contribution is -0.137. The molecule has 6 heteroatoms. The highest BCUT2D eigenvalue weighted by molar-refractivity contribution is 5.57. The summed E-state index contributed by atoms with van der Waals surface area (Å²) in [5.74, 6) is 5.69. The number of unbranched alkanes of at least 4 members (excludes halogenated alkanes) is 15. The van der Waals surface area contributed by atoms with Crippen LogP contribution in [0.3, 0.4) is 0 Å². The number of hydrogen-bond donors (Lipinski definition) is 2. The Labute approximate surface area is 187 Å². The van der Waals surface area contributed by atoms with E-state index in [-0.39, 0.29) is 5.69 Å². The number of nitrogens with two attached hydrogens (primary N) is 1. The van der Waals surface area contributed by atoms with Gasteiger partial charge < -0.3 is 10.2 Å². The number of hydrazine groups is 1. The average Bonchev–Trinajstić information content (AvgIpc) is 2.75. The maximum absolute atomic E-state index is 12.7. The van der Waals surface area contributed by atoms with Gasteiger partial charge in [0.15, 0.2) is 0 Å². The molecule has 0 saturated carbocycles. The summed E-state index contributed by atoms with van der Waals surface area (Å²) in [6.45, 7) is 2.75. The van der Waals surface area contributed by atoms with Crippen molar-refractivity contribution in [2.75, 3.05) is 12.0 Å². The standard InChI is InChI=1S/C25H43F3N2O/c1-2-3-4-5-6-7-8-9-10-11-12-13-14-15-16-17-20-31-24-19-18-22(25(26,27)28)21-23(24)30-29/h18-19,21,30H,2-17,20,29H2,1H3. The van der Waals surface area contributed by atoms with E-state index in [2.05, 4.69) is 12.3 Å². The van der Waals surface area contributed by atoms with Gasteiger partial charge in [-0.2, -0.15) is 13.2 Å². The summed E-state index contributed by atoms with van der Waals surface area (Å²) >= 11 is 0. The zero-order chi connectivity index (χ0) is 22.8. The molecule has 3 nitrogen and oxygen atoms in total. The van der Waals surface area contributed by atoms with Gasteiger partial charge in [0, 0.05) is 0 Å². The molecule has 0 heterocycles. The summed E-state index contributed by atoms with van der Waals surface area (Å²) in [6.07, 6.45) is 16.4. The molecular weight excluding hydrogens is 401 g/mol. The van der Waals surface area contributed by atoms with Crippen molar-refractivity contribution in [1.29, 1.82) is 0 Å². The SMILES string of the molecule is CCCCCCCCCCCCCCCCCCOc1ccc(C(F)(F)F)cc1NN. The van der Waals surface area contributed by atoms with E-state index in [1.807, 2.05) is 0 Å². The highest BCUT2D eigenvalue weighted by Gasteiger charge is 2.31. The van der Waals surface area contributed by atoms with Gasteiger partial charge in [0.25, 0.3) is 0 Å². The van der Waals surface area contributed by atoms with Crippen LogP contribution in [0.15, 0.2) is 18.2 Å². The monoisotopic (exact) mass is 444 g/mol. The molecule has 3 N–H and O–H groups in total. The molecule has 0 aromatic heterocycles. The number of anilines is 1. The van der Waals surface area contributed by atoms with Crippen molar-refractivity contribution >= 4 is 5.69 Å². The van der Waals surface area contributed by atoms with Crippen LogP contribution >= 0.6 is 0 Å². The first kappa shape index (κ1) is 27.6. The van der Waals surface area contributed by atoms with Gasteiger partial charge in [-0.15, -0.1) is 0 Å². The molecule has 0 aliphatic heterocycles. The number of hydrogen-bond acceptors (Lipinski definition) is 3. The summed E-state index contributed by atoms with van der Waals surface area (Å²) in [7, 11) is 0. The third kappa shape index (κ3) is 13.6. The third-order valence-corrected chi connectivity index (χ3v) is 5.72. The van der Waals surface area contributed by atoms with Gasteiger partial charge in [0.05, 0.1) is 17.9 Å². The second-order valence-corrected chi connectivity index (χ2v) is 8.50. The second-order valence-electron chi connectivity index (χ2n) is 8.50. The summed E-state index contributed by atoms with van der Waals surface area (Å²) < 4.78 is 43.8. The Morgan fingerprint density at radius 3 is 1.61 bits per heavy atom. The third-order valence-electron chi connectivity index (χ3n) is 5.72. The fourth-order valence-corrected chi connectivity index (χ4v) is 3.78. The molecule has 0 bridgehead atoms. The van der Waals surface area contributed by atoms with E-state index in [1.54, 1.807) is 0 Å². The average molecular weight is 445 g/mol. The van der Waals surface area contributed by atoms with Crippen LogP contribution in [0.25, 0.3) is 0 Å². The van der Waals surface area contributed by atoms with Gasteiger partial charge >= 0.3 is 6.18 Å². The second kappa shape index (κ2) is 17.2.